The second-order valence-corrected chi connectivity index (χ2v) is 5.19. The van der Waals surface area contributed by atoms with E-state index in [1.165, 1.54) is 13.0 Å². The number of halogens is 2. The summed E-state index contributed by atoms with van der Waals surface area (Å²) in [6.07, 6.45) is 0.779. The van der Waals surface area contributed by atoms with Crippen LogP contribution in [0.25, 0.3) is 0 Å². The molecule has 0 spiro atoms. The summed E-state index contributed by atoms with van der Waals surface area (Å²) in [5.74, 6) is -1.68. The Bertz CT molecular complexity index is 463. The normalized spacial score (nSPS) is 21.9. The lowest BCUT2D eigenvalue weighted by atomic mass is 9.99. The van der Waals surface area contributed by atoms with Gasteiger partial charge in [-0.3, -0.25) is 4.79 Å². The van der Waals surface area contributed by atoms with Crippen LogP contribution in [0.2, 0.25) is 0 Å². The predicted molar refractivity (Wildman–Crippen MR) is 57.3 cm³/mol. The Balaban J connectivity index is 2.35. The fourth-order valence-corrected chi connectivity index (χ4v) is 1.95. The first-order valence-electron chi connectivity index (χ1n) is 5.33. The zero-order valence-corrected chi connectivity index (χ0v) is 9.60. The zero-order valence-electron chi connectivity index (χ0n) is 9.60. The number of benzene rings is 1. The summed E-state index contributed by atoms with van der Waals surface area (Å²) in [4.78, 5) is 11.9. The quantitative estimate of drug-likeness (QED) is 0.702. The molecule has 1 aromatic carbocycles. The van der Waals surface area contributed by atoms with Gasteiger partial charge in [0.15, 0.2) is 5.78 Å². The van der Waals surface area contributed by atoms with Gasteiger partial charge in [0.05, 0.1) is 5.56 Å². The maximum absolute atomic E-state index is 13.5. The third-order valence-corrected chi connectivity index (χ3v) is 3.34. The van der Waals surface area contributed by atoms with Gasteiger partial charge in [-0.2, -0.15) is 0 Å². The summed E-state index contributed by atoms with van der Waals surface area (Å²) in [6.45, 7) is 5.48. The number of aryl methyl sites for hydroxylation is 1. The maximum Gasteiger partial charge on any atom is 0.169 e. The molecule has 2 rings (SSSR count). The van der Waals surface area contributed by atoms with Gasteiger partial charge in [0.2, 0.25) is 0 Å². The van der Waals surface area contributed by atoms with Crippen LogP contribution in [0.1, 0.15) is 36.2 Å². The van der Waals surface area contributed by atoms with Crippen LogP contribution in [0.4, 0.5) is 8.78 Å². The van der Waals surface area contributed by atoms with Crippen LogP contribution in [-0.4, -0.2) is 5.78 Å². The van der Waals surface area contributed by atoms with E-state index in [9.17, 15) is 13.6 Å². The molecule has 1 aliphatic carbocycles. The summed E-state index contributed by atoms with van der Waals surface area (Å²) < 4.78 is 26.5. The highest BCUT2D eigenvalue weighted by molar-refractivity contribution is 6.00. The number of ketones is 1. The SMILES string of the molecule is Cc1cc(C(=O)C2CC2(C)C)c(F)cc1F. The molecule has 3 heteroatoms. The minimum atomic E-state index is -0.754. The molecule has 0 N–H and O–H groups in total. The molecule has 0 amide bonds. The molecule has 0 radical (unpaired) electrons. The molecular weight excluding hydrogens is 210 g/mol. The number of hydrogen-bond acceptors (Lipinski definition) is 1. The van der Waals surface area contributed by atoms with Crippen LogP contribution in [0.3, 0.4) is 0 Å². The van der Waals surface area contributed by atoms with Crippen LogP contribution < -0.4 is 0 Å². The minimum Gasteiger partial charge on any atom is -0.294 e. The van der Waals surface area contributed by atoms with E-state index in [-0.39, 0.29) is 22.7 Å². The van der Waals surface area contributed by atoms with Crippen molar-refractivity contribution in [3.8, 4) is 0 Å². The summed E-state index contributed by atoms with van der Waals surface area (Å²) in [5, 5.41) is 0. The maximum atomic E-state index is 13.5. The van der Waals surface area contributed by atoms with Crippen molar-refractivity contribution in [3.05, 3.63) is 34.9 Å². The summed E-state index contributed by atoms with van der Waals surface area (Å²) in [5.41, 5.74) is 0.295. The van der Waals surface area contributed by atoms with Gasteiger partial charge in [-0.1, -0.05) is 13.8 Å². The number of rotatable bonds is 2. The van der Waals surface area contributed by atoms with Crippen molar-refractivity contribution in [2.24, 2.45) is 11.3 Å². The van der Waals surface area contributed by atoms with Gasteiger partial charge in [-0.25, -0.2) is 8.78 Å². The Morgan fingerprint density at radius 2 is 1.88 bits per heavy atom. The molecule has 0 aliphatic heterocycles. The molecule has 1 unspecified atom stereocenters. The molecule has 0 heterocycles. The van der Waals surface area contributed by atoms with Gasteiger partial charge < -0.3 is 0 Å². The first-order valence-corrected chi connectivity index (χ1v) is 5.33. The number of hydrogen-bond donors (Lipinski definition) is 0. The lowest BCUT2D eigenvalue weighted by Crippen LogP contribution is -2.09. The molecule has 1 aromatic rings. The third-order valence-electron chi connectivity index (χ3n) is 3.34. The Labute approximate surface area is 93.5 Å². The summed E-state index contributed by atoms with van der Waals surface area (Å²) >= 11 is 0. The van der Waals surface area contributed by atoms with Crippen molar-refractivity contribution in [1.29, 1.82) is 0 Å². The molecular formula is C13H14F2O. The second-order valence-electron chi connectivity index (χ2n) is 5.19. The van der Waals surface area contributed by atoms with Crippen molar-refractivity contribution < 1.29 is 13.6 Å². The molecule has 1 nitrogen and oxygen atoms in total. The number of Topliss-reactive ketones (excluding diaryl/α,β-unsaturated/α-hetero) is 1. The van der Waals surface area contributed by atoms with Gasteiger partial charge >= 0.3 is 0 Å². The number of carbonyl (C=O) groups excluding carboxylic acids is 1. The van der Waals surface area contributed by atoms with Gasteiger partial charge in [0.25, 0.3) is 0 Å². The lowest BCUT2D eigenvalue weighted by molar-refractivity contribution is 0.0949. The van der Waals surface area contributed by atoms with Crippen LogP contribution in [-0.2, 0) is 0 Å². The second kappa shape index (κ2) is 3.37. The Hall–Kier alpha value is -1.25. The Kier molecular flexibility index (Phi) is 2.37. The van der Waals surface area contributed by atoms with E-state index >= 15 is 0 Å². The molecule has 0 bridgehead atoms. The van der Waals surface area contributed by atoms with Crippen molar-refractivity contribution in [3.63, 3.8) is 0 Å². The Morgan fingerprint density at radius 1 is 1.31 bits per heavy atom. The van der Waals surface area contributed by atoms with Crippen molar-refractivity contribution in [2.45, 2.75) is 27.2 Å². The molecule has 1 saturated carbocycles. The molecule has 1 fully saturated rings. The molecule has 86 valence electrons. The molecule has 0 saturated heterocycles. The van der Waals surface area contributed by atoms with Crippen LogP contribution in [0.5, 0.6) is 0 Å². The zero-order chi connectivity index (χ0) is 12.1. The fourth-order valence-electron chi connectivity index (χ4n) is 1.95. The fraction of sp³-hybridized carbons (Fsp3) is 0.462. The Morgan fingerprint density at radius 3 is 2.38 bits per heavy atom. The van der Waals surface area contributed by atoms with E-state index < -0.39 is 11.6 Å². The van der Waals surface area contributed by atoms with Gasteiger partial charge in [-0.05, 0) is 30.4 Å². The van der Waals surface area contributed by atoms with Crippen molar-refractivity contribution >= 4 is 5.78 Å². The van der Waals surface area contributed by atoms with Crippen LogP contribution >= 0.6 is 0 Å². The molecule has 16 heavy (non-hydrogen) atoms. The predicted octanol–water partition coefficient (Wildman–Crippen LogP) is 3.50. The van der Waals surface area contributed by atoms with Crippen LogP contribution in [0.15, 0.2) is 12.1 Å². The topological polar surface area (TPSA) is 17.1 Å². The summed E-state index contributed by atoms with van der Waals surface area (Å²) in [7, 11) is 0. The van der Waals surface area contributed by atoms with E-state index in [4.69, 9.17) is 0 Å². The van der Waals surface area contributed by atoms with E-state index in [1.54, 1.807) is 0 Å². The van der Waals surface area contributed by atoms with Gasteiger partial charge in [-0.15, -0.1) is 0 Å². The lowest BCUT2D eigenvalue weighted by Gasteiger charge is -2.06. The number of carbonyl (C=O) groups is 1. The van der Waals surface area contributed by atoms with Gasteiger partial charge in [0.1, 0.15) is 11.6 Å². The molecule has 1 aliphatic rings. The average molecular weight is 224 g/mol. The van der Waals surface area contributed by atoms with E-state index in [2.05, 4.69) is 0 Å². The van der Waals surface area contributed by atoms with E-state index in [1.807, 2.05) is 13.8 Å². The minimum absolute atomic E-state index is 0.0227. The largest absolute Gasteiger partial charge is 0.294 e. The average Bonchev–Trinajstić information content (AvgIpc) is 2.80. The summed E-state index contributed by atoms with van der Waals surface area (Å²) in [6, 6.07) is 2.10. The van der Waals surface area contributed by atoms with Crippen LogP contribution in [0, 0.1) is 29.9 Å². The molecule has 0 aromatic heterocycles. The first-order chi connectivity index (χ1) is 7.33. The highest BCUT2D eigenvalue weighted by Gasteiger charge is 2.50. The molecule has 1 atom stereocenters. The highest BCUT2D eigenvalue weighted by atomic mass is 19.1. The van der Waals surface area contributed by atoms with E-state index in [0.717, 1.165) is 12.5 Å². The third kappa shape index (κ3) is 1.75. The highest BCUT2D eigenvalue weighted by Crippen LogP contribution is 2.53. The standard InChI is InChI=1S/C13H14F2O/c1-7-4-8(11(15)5-10(7)14)12(16)9-6-13(9,2)3/h4-5,9H,6H2,1-3H3. The van der Waals surface area contributed by atoms with Crippen molar-refractivity contribution in [2.75, 3.05) is 0 Å². The van der Waals surface area contributed by atoms with E-state index in [0.29, 0.717) is 5.56 Å². The first kappa shape index (κ1) is 11.2. The van der Waals surface area contributed by atoms with Crippen molar-refractivity contribution in [1.82, 2.24) is 0 Å². The monoisotopic (exact) mass is 224 g/mol. The van der Waals surface area contributed by atoms with Gasteiger partial charge in [0, 0.05) is 12.0 Å². The smallest absolute Gasteiger partial charge is 0.169 e.